The van der Waals surface area contributed by atoms with Gasteiger partial charge < -0.3 is 5.32 Å². The summed E-state index contributed by atoms with van der Waals surface area (Å²) in [6, 6.07) is 6.76. The third-order valence-corrected chi connectivity index (χ3v) is 4.06. The molecule has 0 atom stereocenters. The highest BCUT2D eigenvalue weighted by atomic mass is 32.2. The van der Waals surface area contributed by atoms with Crippen LogP contribution in [0.3, 0.4) is 0 Å². The number of rotatable bonds is 6. The number of halogens is 1. The maximum absolute atomic E-state index is 13.4. The zero-order valence-corrected chi connectivity index (χ0v) is 12.0. The van der Waals surface area contributed by atoms with Crippen molar-refractivity contribution in [1.82, 2.24) is 25.5 Å². The van der Waals surface area contributed by atoms with Crippen LogP contribution < -0.4 is 5.32 Å². The first kappa shape index (κ1) is 14.0. The van der Waals surface area contributed by atoms with Crippen LogP contribution >= 0.6 is 11.8 Å². The fourth-order valence-corrected chi connectivity index (χ4v) is 2.62. The normalized spacial score (nSPS) is 14.1. The summed E-state index contributed by atoms with van der Waals surface area (Å²) in [5.74, 6) is -0.279. The number of amides is 1. The third kappa shape index (κ3) is 3.57. The van der Waals surface area contributed by atoms with E-state index in [2.05, 4.69) is 20.8 Å². The summed E-state index contributed by atoms with van der Waals surface area (Å²) in [4.78, 5) is 11.8. The van der Waals surface area contributed by atoms with Gasteiger partial charge in [0.1, 0.15) is 5.82 Å². The van der Waals surface area contributed by atoms with Gasteiger partial charge >= 0.3 is 0 Å². The van der Waals surface area contributed by atoms with Crippen LogP contribution in [0, 0.1) is 5.82 Å². The minimum Gasteiger partial charge on any atom is -0.351 e. The average molecular weight is 307 g/mol. The van der Waals surface area contributed by atoms with Crippen LogP contribution in [-0.4, -0.2) is 31.9 Å². The lowest BCUT2D eigenvalue weighted by atomic mass is 10.2. The monoisotopic (exact) mass is 307 g/mol. The molecule has 1 aliphatic rings. The van der Waals surface area contributed by atoms with Crippen molar-refractivity contribution in [2.75, 3.05) is 5.75 Å². The molecule has 1 amide bonds. The van der Waals surface area contributed by atoms with E-state index in [9.17, 15) is 9.18 Å². The van der Waals surface area contributed by atoms with E-state index in [0.29, 0.717) is 16.8 Å². The second-order valence-electron chi connectivity index (χ2n) is 4.79. The quantitative estimate of drug-likeness (QED) is 0.820. The Morgan fingerprint density at radius 2 is 2.24 bits per heavy atom. The van der Waals surface area contributed by atoms with Gasteiger partial charge in [-0.25, -0.2) is 9.07 Å². The first-order chi connectivity index (χ1) is 10.2. The van der Waals surface area contributed by atoms with E-state index in [4.69, 9.17) is 0 Å². The van der Waals surface area contributed by atoms with Gasteiger partial charge in [-0.15, -0.1) is 5.10 Å². The highest BCUT2D eigenvalue weighted by Gasteiger charge is 2.28. The Morgan fingerprint density at radius 1 is 1.43 bits per heavy atom. The minimum atomic E-state index is -0.317. The molecule has 1 fully saturated rings. The summed E-state index contributed by atoms with van der Waals surface area (Å²) < 4.78 is 15.2. The number of hydrogen-bond donors (Lipinski definition) is 1. The van der Waals surface area contributed by atoms with Gasteiger partial charge in [-0.2, -0.15) is 0 Å². The van der Waals surface area contributed by atoms with Crippen molar-refractivity contribution in [3.63, 3.8) is 0 Å². The highest BCUT2D eigenvalue weighted by molar-refractivity contribution is 7.99. The molecule has 1 heterocycles. The molecule has 2 aromatic rings. The van der Waals surface area contributed by atoms with E-state index in [1.165, 1.54) is 17.8 Å². The summed E-state index contributed by atoms with van der Waals surface area (Å²) in [6.07, 6.45) is 2.16. The molecule has 6 nitrogen and oxygen atoms in total. The van der Waals surface area contributed by atoms with Gasteiger partial charge in [0.2, 0.25) is 11.1 Å². The van der Waals surface area contributed by atoms with Crippen LogP contribution in [0.4, 0.5) is 4.39 Å². The number of carbonyl (C=O) groups is 1. The van der Waals surface area contributed by atoms with E-state index in [0.717, 1.165) is 12.8 Å². The number of nitrogens with one attached hydrogen (secondary N) is 1. The number of benzene rings is 1. The second kappa shape index (κ2) is 6.21. The van der Waals surface area contributed by atoms with E-state index >= 15 is 0 Å². The molecule has 0 saturated heterocycles. The Morgan fingerprint density at radius 3 is 3.00 bits per heavy atom. The number of nitrogens with zero attached hydrogens (tertiary/aromatic N) is 4. The first-order valence-electron chi connectivity index (χ1n) is 6.65. The summed E-state index contributed by atoms with van der Waals surface area (Å²) in [7, 11) is 0. The maximum Gasteiger partial charge on any atom is 0.230 e. The first-order valence-corrected chi connectivity index (χ1v) is 7.63. The van der Waals surface area contributed by atoms with Crippen molar-refractivity contribution in [2.45, 2.75) is 30.6 Å². The van der Waals surface area contributed by atoms with Gasteiger partial charge in [-0.05, 0) is 29.3 Å². The second-order valence-corrected chi connectivity index (χ2v) is 5.74. The zero-order valence-electron chi connectivity index (χ0n) is 11.2. The smallest absolute Gasteiger partial charge is 0.230 e. The van der Waals surface area contributed by atoms with Gasteiger partial charge in [-0.1, -0.05) is 30.0 Å². The fourth-order valence-electron chi connectivity index (χ4n) is 1.85. The predicted molar refractivity (Wildman–Crippen MR) is 75.1 cm³/mol. The molecule has 3 rings (SSSR count). The summed E-state index contributed by atoms with van der Waals surface area (Å²) in [5.41, 5.74) is 0.471. The van der Waals surface area contributed by atoms with Crippen molar-refractivity contribution in [1.29, 1.82) is 0 Å². The van der Waals surface area contributed by atoms with E-state index in [-0.39, 0.29) is 24.0 Å². The highest BCUT2D eigenvalue weighted by Crippen LogP contribution is 2.36. The largest absolute Gasteiger partial charge is 0.351 e. The average Bonchev–Trinajstić information content (AvgIpc) is 3.23. The molecule has 110 valence electrons. The molecular formula is C13H14FN5OS. The van der Waals surface area contributed by atoms with Crippen LogP contribution in [0.5, 0.6) is 0 Å². The Kier molecular flexibility index (Phi) is 4.14. The third-order valence-electron chi connectivity index (χ3n) is 3.12. The van der Waals surface area contributed by atoms with Crippen molar-refractivity contribution < 1.29 is 9.18 Å². The lowest BCUT2D eigenvalue weighted by Gasteiger charge is -2.06. The topological polar surface area (TPSA) is 72.7 Å². The predicted octanol–water partition coefficient (Wildman–Crippen LogP) is 1.56. The molecule has 0 spiro atoms. The zero-order chi connectivity index (χ0) is 14.7. The van der Waals surface area contributed by atoms with Crippen LogP contribution in [-0.2, 0) is 11.3 Å². The molecule has 1 saturated carbocycles. The number of tetrazole rings is 1. The number of hydrogen-bond acceptors (Lipinski definition) is 5. The summed E-state index contributed by atoms with van der Waals surface area (Å²) in [5, 5.41) is 14.8. The summed E-state index contributed by atoms with van der Waals surface area (Å²) in [6.45, 7) is 0.180. The fraction of sp³-hybridized carbons (Fsp3) is 0.385. The molecule has 1 aromatic carbocycles. The maximum atomic E-state index is 13.4. The molecule has 1 N–H and O–H groups in total. The van der Waals surface area contributed by atoms with Crippen LogP contribution in [0.2, 0.25) is 0 Å². The van der Waals surface area contributed by atoms with Gasteiger partial charge in [0.05, 0.1) is 11.8 Å². The van der Waals surface area contributed by atoms with E-state index in [1.54, 1.807) is 22.9 Å². The Bertz CT molecular complexity index is 643. The Labute approximate surface area is 125 Å². The van der Waals surface area contributed by atoms with Crippen LogP contribution in [0.15, 0.2) is 29.4 Å². The van der Waals surface area contributed by atoms with Crippen molar-refractivity contribution in [2.24, 2.45) is 0 Å². The van der Waals surface area contributed by atoms with Gasteiger partial charge in [0.25, 0.3) is 0 Å². The van der Waals surface area contributed by atoms with Crippen molar-refractivity contribution in [3.8, 4) is 0 Å². The van der Waals surface area contributed by atoms with Gasteiger partial charge in [0.15, 0.2) is 0 Å². The Hall–Kier alpha value is -1.96. The molecule has 0 aliphatic heterocycles. The van der Waals surface area contributed by atoms with Crippen molar-refractivity contribution >= 4 is 17.7 Å². The van der Waals surface area contributed by atoms with Crippen LogP contribution in [0.25, 0.3) is 0 Å². The van der Waals surface area contributed by atoms with Crippen molar-refractivity contribution in [3.05, 3.63) is 35.6 Å². The molecule has 1 aliphatic carbocycles. The summed E-state index contributed by atoms with van der Waals surface area (Å²) >= 11 is 1.29. The van der Waals surface area contributed by atoms with E-state index < -0.39 is 0 Å². The number of thioether (sulfide) groups is 1. The molecule has 0 radical (unpaired) electrons. The minimum absolute atomic E-state index is 0.173. The molecule has 8 heteroatoms. The SMILES string of the molecule is O=C(CSc1nnnn1C1CC1)NCc1ccccc1F. The lowest BCUT2D eigenvalue weighted by molar-refractivity contribution is -0.118. The molecule has 0 unspecified atom stereocenters. The molecule has 1 aromatic heterocycles. The number of aromatic nitrogens is 4. The molecule has 0 bridgehead atoms. The Balaban J connectivity index is 1.48. The van der Waals surface area contributed by atoms with Gasteiger partial charge in [-0.3, -0.25) is 4.79 Å². The van der Waals surface area contributed by atoms with Crippen LogP contribution in [0.1, 0.15) is 24.4 Å². The number of carbonyl (C=O) groups excluding carboxylic acids is 1. The van der Waals surface area contributed by atoms with Gasteiger partial charge in [0, 0.05) is 12.1 Å². The standard InChI is InChI=1S/C13H14FN5OS/c14-11-4-2-1-3-9(11)7-15-12(20)8-21-13-16-17-18-19(13)10-5-6-10/h1-4,10H,5-8H2,(H,15,20). The lowest BCUT2D eigenvalue weighted by Crippen LogP contribution is -2.25. The van der Waals surface area contributed by atoms with E-state index in [1.807, 2.05) is 0 Å². The molecule has 21 heavy (non-hydrogen) atoms. The molecular weight excluding hydrogens is 293 g/mol.